The van der Waals surface area contributed by atoms with Crippen molar-refractivity contribution in [2.75, 3.05) is 4.90 Å². The van der Waals surface area contributed by atoms with Crippen LogP contribution in [0.25, 0.3) is 75.8 Å². The Kier molecular flexibility index (Phi) is 6.94. The van der Waals surface area contributed by atoms with E-state index < -0.39 is 0 Å². The predicted molar refractivity (Wildman–Crippen MR) is 244 cm³/mol. The molecule has 0 unspecified atom stereocenters. The first-order valence-corrected chi connectivity index (χ1v) is 20.6. The first-order chi connectivity index (χ1) is 28.0. The van der Waals surface area contributed by atoms with Gasteiger partial charge < -0.3 is 9.38 Å². The van der Waals surface area contributed by atoms with Gasteiger partial charge in [0.25, 0.3) is 0 Å². The molecule has 2 aliphatic rings. The Labute approximate surface area is 336 Å². The number of benzene rings is 7. The molecule has 5 heteroatoms. The summed E-state index contributed by atoms with van der Waals surface area (Å²) in [6.45, 7) is 6.62. The Balaban J connectivity index is 1.26. The maximum atomic E-state index is 5.38. The molecule has 0 spiro atoms. The number of nitrogens with zero attached hydrogens (tertiary/aromatic N) is 3. The molecule has 3 aromatic heterocycles. The molecule has 0 fully saturated rings. The molecule has 57 heavy (non-hydrogen) atoms. The minimum Gasteiger partial charge on any atom is -0.374 e. The van der Waals surface area contributed by atoms with Crippen molar-refractivity contribution in [1.82, 2.24) is 9.46 Å². The van der Waals surface area contributed by atoms with Crippen LogP contribution in [-0.4, -0.2) is 16.3 Å². The molecule has 10 aromatic rings. The van der Waals surface area contributed by atoms with Gasteiger partial charge in [0.05, 0.1) is 11.2 Å². The van der Waals surface area contributed by atoms with Crippen LogP contribution in [-0.2, 0) is 0 Å². The van der Waals surface area contributed by atoms with E-state index in [1.54, 1.807) is 0 Å². The van der Waals surface area contributed by atoms with Crippen molar-refractivity contribution in [3.05, 3.63) is 181 Å². The Morgan fingerprint density at radius 1 is 0.544 bits per heavy atom. The second kappa shape index (κ2) is 12.2. The second-order valence-electron chi connectivity index (χ2n) is 15.7. The third-order valence-electron chi connectivity index (χ3n) is 12.3. The average molecular weight is 746 g/mol. The van der Waals surface area contributed by atoms with Crippen LogP contribution in [0, 0.1) is 20.8 Å². The van der Waals surface area contributed by atoms with E-state index in [2.05, 4.69) is 188 Å². The lowest BCUT2D eigenvalue weighted by atomic mass is 9.45. The number of fused-ring (bicyclic) bond motifs is 9. The third-order valence-corrected chi connectivity index (χ3v) is 13.5. The second-order valence-corrected chi connectivity index (χ2v) is 16.7. The van der Waals surface area contributed by atoms with Gasteiger partial charge in [-0.3, -0.25) is 4.98 Å². The number of anilines is 3. The monoisotopic (exact) mass is 745 g/mol. The Bertz CT molecular complexity index is 3250. The van der Waals surface area contributed by atoms with Crippen molar-refractivity contribution in [3.63, 3.8) is 0 Å². The van der Waals surface area contributed by atoms with E-state index in [9.17, 15) is 0 Å². The SMILES string of the molecule is Cc1cc(C)c(-c2ccc3c(c2)c2ccnc4c2n3B2c3ccccc3N(c3ccccc3)c3cc5c(-c6ccccc6)c(-c6ccccc6)sc5c-4c32)c(C)c1. The summed E-state index contributed by atoms with van der Waals surface area (Å²) in [7, 11) is 0. The number of pyridine rings is 1. The van der Waals surface area contributed by atoms with E-state index in [-0.39, 0.29) is 6.85 Å². The number of aromatic nitrogens is 2. The lowest BCUT2D eigenvalue weighted by molar-refractivity contribution is 1.24. The van der Waals surface area contributed by atoms with E-state index in [1.165, 1.54) is 109 Å². The summed E-state index contributed by atoms with van der Waals surface area (Å²) in [5.74, 6) is 0. The number of thiophene rings is 1. The molecule has 0 N–H and O–H groups in total. The van der Waals surface area contributed by atoms with Gasteiger partial charge in [-0.25, -0.2) is 0 Å². The maximum Gasteiger partial charge on any atom is 0.333 e. The molecule has 0 bridgehead atoms. The average Bonchev–Trinajstić information content (AvgIpc) is 3.79. The van der Waals surface area contributed by atoms with E-state index in [0.717, 1.165) is 11.4 Å². The molecule has 0 aliphatic carbocycles. The first-order valence-electron chi connectivity index (χ1n) is 19.7. The van der Waals surface area contributed by atoms with Crippen LogP contribution in [0.15, 0.2) is 164 Å². The maximum absolute atomic E-state index is 5.38. The molecule has 3 nitrogen and oxygen atoms in total. The largest absolute Gasteiger partial charge is 0.374 e. The van der Waals surface area contributed by atoms with Crippen LogP contribution in [0.1, 0.15) is 16.7 Å². The highest BCUT2D eigenvalue weighted by molar-refractivity contribution is 7.24. The van der Waals surface area contributed by atoms with Crippen LogP contribution in [0.4, 0.5) is 17.1 Å². The van der Waals surface area contributed by atoms with Crippen molar-refractivity contribution in [2.45, 2.75) is 20.8 Å². The molecule has 7 aromatic carbocycles. The number of hydrogen-bond donors (Lipinski definition) is 0. The molecule has 2 aliphatic heterocycles. The fraction of sp³-hybridized carbons (Fsp3) is 0.0577. The standard InChI is InChI=1S/C52H36BN3S/c1-31-27-32(2)45(33(3)28-31)36-23-24-42-39(29-36)38-25-26-54-49-47-48-44(30-40-46(34-15-7-4-8-16-34)51(57-52(40)47)35-17-9-5-10-18-35)55(37-19-11-6-12-20-37)43-22-14-13-21-41(43)53(48)56(42)50(38)49/h4-30H,1-3H3. The highest BCUT2D eigenvalue weighted by Gasteiger charge is 2.44. The third kappa shape index (κ3) is 4.58. The molecule has 12 rings (SSSR count). The van der Waals surface area contributed by atoms with E-state index in [4.69, 9.17) is 4.98 Å². The minimum atomic E-state index is -0.0524. The fourth-order valence-electron chi connectivity index (χ4n) is 10.2. The lowest BCUT2D eigenvalue weighted by Crippen LogP contribution is -2.56. The van der Waals surface area contributed by atoms with Crippen molar-refractivity contribution >= 4 is 78.1 Å². The van der Waals surface area contributed by atoms with Gasteiger partial charge in [0.1, 0.15) is 0 Å². The van der Waals surface area contributed by atoms with Crippen LogP contribution in [0.3, 0.4) is 0 Å². The van der Waals surface area contributed by atoms with Gasteiger partial charge in [0.2, 0.25) is 0 Å². The summed E-state index contributed by atoms with van der Waals surface area (Å²) in [5.41, 5.74) is 21.1. The Morgan fingerprint density at radius 2 is 1.23 bits per heavy atom. The van der Waals surface area contributed by atoms with Crippen molar-refractivity contribution in [1.29, 1.82) is 0 Å². The van der Waals surface area contributed by atoms with Gasteiger partial charge in [-0.15, -0.1) is 11.3 Å². The summed E-state index contributed by atoms with van der Waals surface area (Å²) < 4.78 is 3.90. The molecule has 0 atom stereocenters. The predicted octanol–water partition coefficient (Wildman–Crippen LogP) is 12.7. The normalized spacial score (nSPS) is 12.8. The zero-order chi connectivity index (χ0) is 37.9. The van der Waals surface area contributed by atoms with E-state index >= 15 is 0 Å². The topological polar surface area (TPSA) is 21.1 Å². The fourth-order valence-corrected chi connectivity index (χ4v) is 11.6. The van der Waals surface area contributed by atoms with Crippen LogP contribution < -0.4 is 15.8 Å². The highest BCUT2D eigenvalue weighted by Crippen LogP contribution is 2.53. The number of rotatable bonds is 4. The van der Waals surface area contributed by atoms with Gasteiger partial charge in [-0.2, -0.15) is 0 Å². The molecular formula is C52H36BN3S. The summed E-state index contributed by atoms with van der Waals surface area (Å²) >= 11 is 1.91. The van der Waals surface area contributed by atoms with Crippen molar-refractivity contribution < 1.29 is 0 Å². The van der Waals surface area contributed by atoms with E-state index in [0.29, 0.717) is 0 Å². The quantitative estimate of drug-likeness (QED) is 0.167. The van der Waals surface area contributed by atoms with E-state index in [1.807, 2.05) is 17.5 Å². The van der Waals surface area contributed by atoms with Crippen LogP contribution in [0.2, 0.25) is 0 Å². The minimum absolute atomic E-state index is 0.0524. The number of hydrogen-bond acceptors (Lipinski definition) is 3. The summed E-state index contributed by atoms with van der Waals surface area (Å²) in [5, 5.41) is 3.77. The molecule has 0 radical (unpaired) electrons. The van der Waals surface area contributed by atoms with Gasteiger partial charge >= 0.3 is 6.85 Å². The van der Waals surface area contributed by atoms with Gasteiger partial charge in [-0.05, 0) is 108 Å². The summed E-state index contributed by atoms with van der Waals surface area (Å²) in [6, 6.07) is 58.3. The zero-order valence-electron chi connectivity index (χ0n) is 31.9. The van der Waals surface area contributed by atoms with Gasteiger partial charge in [-0.1, -0.05) is 121 Å². The highest BCUT2D eigenvalue weighted by atomic mass is 32.1. The van der Waals surface area contributed by atoms with Gasteiger partial charge in [0.15, 0.2) is 0 Å². The molecule has 0 saturated heterocycles. The van der Waals surface area contributed by atoms with Crippen LogP contribution >= 0.6 is 11.3 Å². The Morgan fingerprint density at radius 3 is 1.98 bits per heavy atom. The number of aryl methyl sites for hydroxylation is 3. The molecule has 5 heterocycles. The van der Waals surface area contributed by atoms with Crippen molar-refractivity contribution in [2.24, 2.45) is 0 Å². The molecule has 0 amide bonds. The number of para-hydroxylation sites is 2. The first kappa shape index (κ1) is 32.5. The summed E-state index contributed by atoms with van der Waals surface area (Å²) in [6.07, 6.45) is 2.04. The van der Waals surface area contributed by atoms with Gasteiger partial charge in [0, 0.05) is 65.6 Å². The molecular weight excluding hydrogens is 709 g/mol. The molecule has 268 valence electrons. The summed E-state index contributed by atoms with van der Waals surface area (Å²) in [4.78, 5) is 9.16. The smallest absolute Gasteiger partial charge is 0.333 e. The van der Waals surface area contributed by atoms with Crippen molar-refractivity contribution in [3.8, 4) is 44.0 Å². The molecule has 0 saturated carbocycles. The Hall–Kier alpha value is -6.69. The lowest BCUT2D eigenvalue weighted by Gasteiger charge is -2.40. The van der Waals surface area contributed by atoms with Crippen LogP contribution in [0.5, 0.6) is 0 Å². The zero-order valence-corrected chi connectivity index (χ0v) is 32.7.